The minimum Gasteiger partial charge on any atom is -0.489 e. The molecule has 0 bridgehead atoms. The first-order valence-electron chi connectivity index (χ1n) is 12.8. The topological polar surface area (TPSA) is 9.23 Å². The quantitative estimate of drug-likeness (QED) is 0.416. The van der Waals surface area contributed by atoms with Crippen LogP contribution in [-0.4, -0.2) is 6.61 Å². The first-order chi connectivity index (χ1) is 15.2. The van der Waals surface area contributed by atoms with Gasteiger partial charge in [-0.2, -0.15) is 0 Å². The molecule has 2 heteroatoms. The lowest BCUT2D eigenvalue weighted by Crippen LogP contribution is -2.34. The fraction of sp³-hybridized carbons (Fsp3) is 0.655. The highest BCUT2D eigenvalue weighted by atomic mass is 19.1. The zero-order chi connectivity index (χ0) is 21.6. The molecule has 0 aliphatic heterocycles. The standard InChI is InChI=1S/C29H41FO/c1-3-5-17-31-27-15-16-28(29(30)20-27)26-14-13-24-18-23(11-12-25(24)19-26)22-9-7-21(6-4-2)8-10-22/h3-6,15-16,20-26H,7-14,17-19H2,1-2H3/b5-3+,6-4+. The summed E-state index contributed by atoms with van der Waals surface area (Å²) in [6, 6.07) is 5.53. The van der Waals surface area contributed by atoms with E-state index in [1.54, 1.807) is 6.07 Å². The Kier molecular flexibility index (Phi) is 7.91. The number of rotatable bonds is 6. The molecule has 4 rings (SSSR count). The van der Waals surface area contributed by atoms with Gasteiger partial charge in [-0.1, -0.05) is 30.4 Å². The SMILES string of the molecule is C/C=C/COc1ccc(C2CCC3CC(C4CCC(/C=C/C)CC4)CCC3C2)c(F)c1. The van der Waals surface area contributed by atoms with E-state index in [9.17, 15) is 4.39 Å². The van der Waals surface area contributed by atoms with Crippen LogP contribution in [0.15, 0.2) is 42.5 Å². The van der Waals surface area contributed by atoms with Crippen LogP contribution in [0.3, 0.4) is 0 Å². The Morgan fingerprint density at radius 3 is 2.23 bits per heavy atom. The molecule has 3 saturated carbocycles. The summed E-state index contributed by atoms with van der Waals surface area (Å²) in [7, 11) is 0. The van der Waals surface area contributed by atoms with E-state index >= 15 is 0 Å². The molecule has 0 heterocycles. The van der Waals surface area contributed by atoms with Crippen molar-refractivity contribution in [1.29, 1.82) is 0 Å². The van der Waals surface area contributed by atoms with E-state index in [-0.39, 0.29) is 5.82 Å². The molecule has 3 fully saturated rings. The molecule has 0 saturated heterocycles. The van der Waals surface area contributed by atoms with Gasteiger partial charge in [0, 0.05) is 6.07 Å². The van der Waals surface area contributed by atoms with Crippen LogP contribution in [0.4, 0.5) is 4.39 Å². The lowest BCUT2D eigenvalue weighted by atomic mass is 9.60. The minimum atomic E-state index is -0.0759. The van der Waals surface area contributed by atoms with E-state index in [1.807, 2.05) is 31.2 Å². The van der Waals surface area contributed by atoms with Crippen LogP contribution in [0.5, 0.6) is 5.75 Å². The summed E-state index contributed by atoms with van der Waals surface area (Å²) in [6.07, 6.45) is 22.1. The molecule has 0 N–H and O–H groups in total. The second-order valence-corrected chi connectivity index (χ2v) is 10.4. The van der Waals surface area contributed by atoms with E-state index in [4.69, 9.17) is 4.74 Å². The van der Waals surface area contributed by atoms with Gasteiger partial charge in [-0.3, -0.25) is 0 Å². The van der Waals surface area contributed by atoms with Gasteiger partial charge in [0.1, 0.15) is 18.2 Å². The summed E-state index contributed by atoms with van der Waals surface area (Å²) in [5.41, 5.74) is 0.918. The molecule has 0 aromatic heterocycles. The number of hydrogen-bond donors (Lipinski definition) is 0. The smallest absolute Gasteiger partial charge is 0.130 e. The van der Waals surface area contributed by atoms with Gasteiger partial charge in [0.25, 0.3) is 0 Å². The van der Waals surface area contributed by atoms with Crippen LogP contribution >= 0.6 is 0 Å². The summed E-state index contributed by atoms with van der Waals surface area (Å²) < 4.78 is 20.5. The van der Waals surface area contributed by atoms with Gasteiger partial charge in [0.05, 0.1) is 0 Å². The second-order valence-electron chi connectivity index (χ2n) is 10.4. The first-order valence-corrected chi connectivity index (χ1v) is 12.8. The molecule has 4 atom stereocenters. The Bertz CT molecular complexity index is 758. The zero-order valence-corrected chi connectivity index (χ0v) is 19.6. The lowest BCUT2D eigenvalue weighted by molar-refractivity contribution is 0.0743. The summed E-state index contributed by atoms with van der Waals surface area (Å²) in [4.78, 5) is 0. The Morgan fingerprint density at radius 1 is 0.839 bits per heavy atom. The maximum atomic E-state index is 14.9. The molecule has 0 radical (unpaired) electrons. The van der Waals surface area contributed by atoms with Gasteiger partial charge >= 0.3 is 0 Å². The van der Waals surface area contributed by atoms with Crippen LogP contribution in [0.2, 0.25) is 0 Å². The maximum Gasteiger partial charge on any atom is 0.130 e. The average Bonchev–Trinajstić information content (AvgIpc) is 2.79. The highest BCUT2D eigenvalue weighted by Crippen LogP contribution is 2.51. The van der Waals surface area contributed by atoms with Gasteiger partial charge in [0.15, 0.2) is 0 Å². The molecule has 3 aliphatic carbocycles. The second kappa shape index (κ2) is 10.8. The molecule has 0 amide bonds. The third-order valence-corrected chi connectivity index (χ3v) is 8.60. The van der Waals surface area contributed by atoms with Gasteiger partial charge in [-0.15, -0.1) is 0 Å². The van der Waals surface area contributed by atoms with Crippen molar-refractivity contribution in [1.82, 2.24) is 0 Å². The number of hydrogen-bond acceptors (Lipinski definition) is 1. The molecule has 1 aromatic rings. The highest BCUT2D eigenvalue weighted by Gasteiger charge is 2.39. The van der Waals surface area contributed by atoms with E-state index in [0.717, 1.165) is 41.6 Å². The maximum absolute atomic E-state index is 14.9. The van der Waals surface area contributed by atoms with E-state index < -0.39 is 0 Å². The Balaban J connectivity index is 1.30. The summed E-state index contributed by atoms with van der Waals surface area (Å²) in [5, 5.41) is 0. The monoisotopic (exact) mass is 424 g/mol. The van der Waals surface area contributed by atoms with Gasteiger partial charge < -0.3 is 4.74 Å². The number of allylic oxidation sites excluding steroid dienone is 3. The number of benzene rings is 1. The predicted molar refractivity (Wildman–Crippen MR) is 128 cm³/mol. The third kappa shape index (κ3) is 5.62. The Labute approximate surface area is 189 Å². The van der Waals surface area contributed by atoms with Gasteiger partial charge in [0.2, 0.25) is 0 Å². The number of ether oxygens (including phenoxy) is 1. The summed E-state index contributed by atoms with van der Waals surface area (Å²) >= 11 is 0. The Morgan fingerprint density at radius 2 is 1.52 bits per heavy atom. The van der Waals surface area contributed by atoms with Crippen LogP contribution < -0.4 is 4.74 Å². The van der Waals surface area contributed by atoms with Crippen molar-refractivity contribution < 1.29 is 9.13 Å². The molecule has 31 heavy (non-hydrogen) atoms. The van der Waals surface area contributed by atoms with E-state index in [1.165, 1.54) is 57.8 Å². The van der Waals surface area contributed by atoms with Crippen molar-refractivity contribution >= 4 is 0 Å². The lowest BCUT2D eigenvalue weighted by Gasteiger charge is -2.45. The van der Waals surface area contributed by atoms with Crippen LogP contribution in [-0.2, 0) is 0 Å². The summed E-state index contributed by atoms with van der Waals surface area (Å²) in [6.45, 7) is 4.62. The molecule has 3 aliphatic rings. The van der Waals surface area contributed by atoms with Crippen molar-refractivity contribution in [3.63, 3.8) is 0 Å². The first kappa shape index (κ1) is 22.6. The average molecular weight is 425 g/mol. The van der Waals surface area contributed by atoms with Gasteiger partial charge in [-0.05, 0) is 125 Å². The number of halogens is 1. The highest BCUT2D eigenvalue weighted by molar-refractivity contribution is 5.31. The third-order valence-electron chi connectivity index (χ3n) is 8.60. The minimum absolute atomic E-state index is 0.0759. The van der Waals surface area contributed by atoms with Crippen molar-refractivity contribution in [2.24, 2.45) is 29.6 Å². The largest absolute Gasteiger partial charge is 0.489 e. The summed E-state index contributed by atoms with van der Waals surface area (Å²) in [5.74, 6) is 5.39. The van der Waals surface area contributed by atoms with Crippen LogP contribution in [0.1, 0.15) is 89.5 Å². The zero-order valence-electron chi connectivity index (χ0n) is 19.6. The molecule has 4 unspecified atom stereocenters. The Hall–Kier alpha value is -1.57. The molecule has 1 nitrogen and oxygen atoms in total. The van der Waals surface area contributed by atoms with Crippen molar-refractivity contribution in [2.75, 3.05) is 6.61 Å². The molecule has 1 aromatic carbocycles. The van der Waals surface area contributed by atoms with E-state index in [2.05, 4.69) is 19.1 Å². The fourth-order valence-electron chi connectivity index (χ4n) is 6.89. The van der Waals surface area contributed by atoms with Gasteiger partial charge in [-0.25, -0.2) is 4.39 Å². The molecule has 170 valence electrons. The van der Waals surface area contributed by atoms with Crippen LogP contribution in [0, 0.1) is 35.4 Å². The van der Waals surface area contributed by atoms with E-state index in [0.29, 0.717) is 18.3 Å². The predicted octanol–water partition coefficient (Wildman–Crippen LogP) is 8.46. The van der Waals surface area contributed by atoms with Crippen molar-refractivity contribution in [3.05, 3.63) is 53.9 Å². The molecular formula is C29H41FO. The van der Waals surface area contributed by atoms with Crippen molar-refractivity contribution in [3.8, 4) is 5.75 Å². The normalized spacial score (nSPS) is 34.2. The molecular weight excluding hydrogens is 383 g/mol. The number of fused-ring (bicyclic) bond motifs is 1. The molecule has 0 spiro atoms. The van der Waals surface area contributed by atoms with Crippen molar-refractivity contribution in [2.45, 2.75) is 84.0 Å². The van der Waals surface area contributed by atoms with Crippen LogP contribution in [0.25, 0.3) is 0 Å². The fourth-order valence-corrected chi connectivity index (χ4v) is 6.89.